The van der Waals surface area contributed by atoms with Crippen LogP contribution < -0.4 is 5.73 Å². The Morgan fingerprint density at radius 2 is 2.00 bits per heavy atom. The van der Waals surface area contributed by atoms with E-state index in [1.807, 2.05) is 11.5 Å². The normalized spacial score (nSPS) is 12.0. The average Bonchev–Trinajstić information content (AvgIpc) is 2.11. The van der Waals surface area contributed by atoms with Gasteiger partial charge in [0.25, 0.3) is 0 Å². The molecular formula is C8H15N3. The quantitative estimate of drug-likeness (QED) is 0.614. The van der Waals surface area contributed by atoms with E-state index >= 15 is 0 Å². The number of imidazole rings is 1. The standard InChI is InChI=1S/C8H15N3/c1-6-7(9)11(5-10-6)8(2,3)4/h5H,9H2,1-4H3. The topological polar surface area (TPSA) is 43.8 Å². The largest absolute Gasteiger partial charge is 0.384 e. The minimum absolute atomic E-state index is 0.0331. The van der Waals surface area contributed by atoms with Crippen LogP contribution in [0.3, 0.4) is 0 Å². The predicted molar refractivity (Wildman–Crippen MR) is 46.4 cm³/mol. The number of anilines is 1. The van der Waals surface area contributed by atoms with Gasteiger partial charge < -0.3 is 10.3 Å². The third-order valence-corrected chi connectivity index (χ3v) is 1.72. The van der Waals surface area contributed by atoms with E-state index in [0.29, 0.717) is 0 Å². The molecule has 0 unspecified atom stereocenters. The lowest BCUT2D eigenvalue weighted by atomic mass is 10.1. The summed E-state index contributed by atoms with van der Waals surface area (Å²) >= 11 is 0. The number of aryl methyl sites for hydroxylation is 1. The molecule has 0 atom stereocenters. The molecule has 3 nitrogen and oxygen atoms in total. The molecule has 2 N–H and O–H groups in total. The highest BCUT2D eigenvalue weighted by atomic mass is 15.2. The molecule has 1 aromatic rings. The van der Waals surface area contributed by atoms with Crippen LogP contribution in [0.5, 0.6) is 0 Å². The molecule has 0 aliphatic carbocycles. The van der Waals surface area contributed by atoms with Crippen molar-refractivity contribution in [3.63, 3.8) is 0 Å². The fourth-order valence-corrected chi connectivity index (χ4v) is 0.982. The van der Waals surface area contributed by atoms with Crippen molar-refractivity contribution in [3.05, 3.63) is 12.0 Å². The SMILES string of the molecule is Cc1ncn(C(C)(C)C)c1N. The van der Waals surface area contributed by atoms with Gasteiger partial charge in [0.2, 0.25) is 0 Å². The second-order valence-corrected chi connectivity index (χ2v) is 3.76. The van der Waals surface area contributed by atoms with Crippen LogP contribution in [0.1, 0.15) is 26.5 Å². The van der Waals surface area contributed by atoms with E-state index in [9.17, 15) is 0 Å². The summed E-state index contributed by atoms with van der Waals surface area (Å²) < 4.78 is 1.97. The molecule has 3 heteroatoms. The van der Waals surface area contributed by atoms with Crippen molar-refractivity contribution in [1.29, 1.82) is 0 Å². The summed E-state index contributed by atoms with van der Waals surface area (Å²) in [4.78, 5) is 4.12. The first-order valence-electron chi connectivity index (χ1n) is 3.73. The summed E-state index contributed by atoms with van der Waals surface area (Å²) in [6.45, 7) is 8.22. The van der Waals surface area contributed by atoms with Crippen LogP contribution in [0.2, 0.25) is 0 Å². The number of aromatic nitrogens is 2. The van der Waals surface area contributed by atoms with Gasteiger partial charge in [0, 0.05) is 5.54 Å². The molecular weight excluding hydrogens is 138 g/mol. The Labute approximate surface area is 67.2 Å². The van der Waals surface area contributed by atoms with E-state index in [-0.39, 0.29) is 5.54 Å². The monoisotopic (exact) mass is 153 g/mol. The van der Waals surface area contributed by atoms with Gasteiger partial charge in [0.1, 0.15) is 5.82 Å². The first-order valence-corrected chi connectivity index (χ1v) is 3.73. The number of nitrogens with two attached hydrogens (primary N) is 1. The van der Waals surface area contributed by atoms with Gasteiger partial charge in [-0.25, -0.2) is 4.98 Å². The summed E-state index contributed by atoms with van der Waals surface area (Å²) in [7, 11) is 0. The Hall–Kier alpha value is -0.990. The molecule has 1 rings (SSSR count). The van der Waals surface area contributed by atoms with Crippen molar-refractivity contribution in [1.82, 2.24) is 9.55 Å². The van der Waals surface area contributed by atoms with Crippen LogP contribution in [-0.2, 0) is 5.54 Å². The van der Waals surface area contributed by atoms with Crippen molar-refractivity contribution in [2.45, 2.75) is 33.2 Å². The summed E-state index contributed by atoms with van der Waals surface area (Å²) in [5.74, 6) is 0.762. The van der Waals surface area contributed by atoms with Gasteiger partial charge in [0.05, 0.1) is 12.0 Å². The van der Waals surface area contributed by atoms with E-state index in [4.69, 9.17) is 5.73 Å². The molecule has 11 heavy (non-hydrogen) atoms. The maximum atomic E-state index is 5.79. The van der Waals surface area contributed by atoms with Gasteiger partial charge in [-0.15, -0.1) is 0 Å². The van der Waals surface area contributed by atoms with E-state index in [1.165, 1.54) is 0 Å². The Morgan fingerprint density at radius 3 is 2.18 bits per heavy atom. The molecule has 1 heterocycles. The fraction of sp³-hybridized carbons (Fsp3) is 0.625. The minimum Gasteiger partial charge on any atom is -0.384 e. The highest BCUT2D eigenvalue weighted by Crippen LogP contribution is 2.19. The number of nitrogens with zero attached hydrogens (tertiary/aromatic N) is 2. The molecule has 0 bridgehead atoms. The van der Waals surface area contributed by atoms with E-state index in [1.54, 1.807) is 6.33 Å². The highest BCUT2D eigenvalue weighted by molar-refractivity contribution is 5.35. The van der Waals surface area contributed by atoms with Crippen LogP contribution in [0, 0.1) is 6.92 Å². The highest BCUT2D eigenvalue weighted by Gasteiger charge is 2.16. The Morgan fingerprint density at radius 1 is 1.45 bits per heavy atom. The fourth-order valence-electron chi connectivity index (χ4n) is 0.982. The maximum absolute atomic E-state index is 5.79. The Balaban J connectivity index is 3.15. The summed E-state index contributed by atoms with van der Waals surface area (Å²) in [6.07, 6.45) is 1.78. The molecule has 0 saturated heterocycles. The number of hydrogen-bond acceptors (Lipinski definition) is 2. The smallest absolute Gasteiger partial charge is 0.126 e. The van der Waals surface area contributed by atoms with Crippen molar-refractivity contribution in [3.8, 4) is 0 Å². The summed E-state index contributed by atoms with van der Waals surface area (Å²) in [6, 6.07) is 0. The summed E-state index contributed by atoms with van der Waals surface area (Å²) in [5, 5.41) is 0. The molecule has 0 saturated carbocycles. The first-order chi connectivity index (χ1) is 4.93. The van der Waals surface area contributed by atoms with Crippen molar-refractivity contribution < 1.29 is 0 Å². The maximum Gasteiger partial charge on any atom is 0.126 e. The van der Waals surface area contributed by atoms with Crippen LogP contribution in [0.4, 0.5) is 5.82 Å². The lowest BCUT2D eigenvalue weighted by Gasteiger charge is -2.21. The third-order valence-electron chi connectivity index (χ3n) is 1.72. The zero-order valence-corrected chi connectivity index (χ0v) is 7.55. The molecule has 0 radical (unpaired) electrons. The Kier molecular flexibility index (Phi) is 1.66. The first kappa shape index (κ1) is 8.11. The predicted octanol–water partition coefficient (Wildman–Crippen LogP) is 1.53. The molecule has 0 aromatic carbocycles. The van der Waals surface area contributed by atoms with Crippen molar-refractivity contribution in [2.24, 2.45) is 0 Å². The second-order valence-electron chi connectivity index (χ2n) is 3.76. The van der Waals surface area contributed by atoms with Crippen LogP contribution in [0.25, 0.3) is 0 Å². The zero-order chi connectivity index (χ0) is 8.65. The van der Waals surface area contributed by atoms with Crippen LogP contribution in [0.15, 0.2) is 6.33 Å². The average molecular weight is 153 g/mol. The van der Waals surface area contributed by atoms with Gasteiger partial charge >= 0.3 is 0 Å². The number of hydrogen-bond donors (Lipinski definition) is 1. The van der Waals surface area contributed by atoms with Crippen LogP contribution in [-0.4, -0.2) is 9.55 Å². The zero-order valence-electron chi connectivity index (χ0n) is 7.55. The third kappa shape index (κ3) is 1.37. The molecule has 1 aromatic heterocycles. The summed E-state index contributed by atoms with van der Waals surface area (Å²) in [5.41, 5.74) is 6.72. The minimum atomic E-state index is 0.0331. The molecule has 0 spiro atoms. The molecule has 0 fully saturated rings. The Bertz CT molecular complexity index is 255. The van der Waals surface area contributed by atoms with Gasteiger partial charge in [-0.1, -0.05) is 0 Å². The lowest BCUT2D eigenvalue weighted by Crippen LogP contribution is -2.22. The molecule has 0 aliphatic heterocycles. The van der Waals surface area contributed by atoms with E-state index in [2.05, 4.69) is 25.8 Å². The van der Waals surface area contributed by atoms with Gasteiger partial charge in [-0.3, -0.25) is 0 Å². The van der Waals surface area contributed by atoms with Gasteiger partial charge in [-0.2, -0.15) is 0 Å². The van der Waals surface area contributed by atoms with E-state index < -0.39 is 0 Å². The van der Waals surface area contributed by atoms with Gasteiger partial charge in [0.15, 0.2) is 0 Å². The van der Waals surface area contributed by atoms with Crippen molar-refractivity contribution in [2.75, 3.05) is 5.73 Å². The number of nitrogen functional groups attached to an aromatic ring is 1. The van der Waals surface area contributed by atoms with Crippen LogP contribution >= 0.6 is 0 Å². The van der Waals surface area contributed by atoms with E-state index in [0.717, 1.165) is 11.5 Å². The molecule has 62 valence electrons. The number of rotatable bonds is 0. The second kappa shape index (κ2) is 2.26. The van der Waals surface area contributed by atoms with Gasteiger partial charge in [-0.05, 0) is 27.7 Å². The molecule has 0 aliphatic rings. The van der Waals surface area contributed by atoms with Crippen molar-refractivity contribution >= 4 is 5.82 Å². The lowest BCUT2D eigenvalue weighted by molar-refractivity contribution is 0.402. The molecule has 0 amide bonds.